The Kier molecular flexibility index (Phi) is 4.84. The van der Waals surface area contributed by atoms with Crippen LogP contribution in [0.25, 0.3) is 0 Å². The van der Waals surface area contributed by atoms with Gasteiger partial charge in [0.05, 0.1) is 6.54 Å². The molecule has 1 heterocycles. The summed E-state index contributed by atoms with van der Waals surface area (Å²) in [6, 6.07) is 9.84. The Labute approximate surface area is 114 Å². The third-order valence-corrected chi connectivity index (χ3v) is 2.67. The minimum absolute atomic E-state index is 0.607. The molecule has 0 amide bonds. The van der Waals surface area contributed by atoms with Gasteiger partial charge in [-0.1, -0.05) is 32.0 Å². The minimum Gasteiger partial charge on any atom is -0.492 e. The third-order valence-electron chi connectivity index (χ3n) is 2.67. The largest absolute Gasteiger partial charge is 0.492 e. The molecule has 0 aliphatic rings. The van der Waals surface area contributed by atoms with Crippen molar-refractivity contribution in [3.63, 3.8) is 0 Å². The highest BCUT2D eigenvalue weighted by Crippen LogP contribution is 2.09. The summed E-state index contributed by atoms with van der Waals surface area (Å²) in [5.74, 6) is 2.41. The van der Waals surface area contributed by atoms with E-state index in [0.29, 0.717) is 12.5 Å². The van der Waals surface area contributed by atoms with Gasteiger partial charge in [-0.15, -0.1) is 0 Å². The van der Waals surface area contributed by atoms with Crippen LogP contribution in [0.4, 0.5) is 5.95 Å². The molecule has 2 rings (SSSR count). The van der Waals surface area contributed by atoms with E-state index in [1.165, 1.54) is 0 Å². The highest BCUT2D eigenvalue weighted by molar-refractivity contribution is 5.26. The maximum Gasteiger partial charge on any atom is 0.202 e. The van der Waals surface area contributed by atoms with E-state index in [1.807, 2.05) is 42.7 Å². The molecule has 0 saturated carbocycles. The van der Waals surface area contributed by atoms with Crippen LogP contribution in [0.5, 0.6) is 5.75 Å². The van der Waals surface area contributed by atoms with Crippen molar-refractivity contribution in [2.24, 2.45) is 5.92 Å². The smallest absolute Gasteiger partial charge is 0.202 e. The van der Waals surface area contributed by atoms with Gasteiger partial charge in [0, 0.05) is 18.9 Å². The molecule has 1 aromatic heterocycles. The molecule has 0 unspecified atom stereocenters. The minimum atomic E-state index is 0.607. The predicted octanol–water partition coefficient (Wildman–Crippen LogP) is 3.03. The first kappa shape index (κ1) is 13.5. The van der Waals surface area contributed by atoms with Gasteiger partial charge in [-0.2, -0.15) is 0 Å². The van der Waals surface area contributed by atoms with Crippen LogP contribution in [0.1, 0.15) is 13.8 Å². The van der Waals surface area contributed by atoms with Gasteiger partial charge in [-0.25, -0.2) is 4.98 Å². The Hall–Kier alpha value is -1.97. The van der Waals surface area contributed by atoms with E-state index in [9.17, 15) is 0 Å². The number of hydrogen-bond acceptors (Lipinski definition) is 3. The van der Waals surface area contributed by atoms with Crippen molar-refractivity contribution in [3.8, 4) is 5.75 Å². The van der Waals surface area contributed by atoms with Crippen molar-refractivity contribution < 1.29 is 4.74 Å². The molecular weight excluding hydrogens is 238 g/mol. The fourth-order valence-corrected chi connectivity index (χ4v) is 1.87. The van der Waals surface area contributed by atoms with Gasteiger partial charge >= 0.3 is 0 Å². The Morgan fingerprint density at radius 1 is 1.26 bits per heavy atom. The Morgan fingerprint density at radius 3 is 2.79 bits per heavy atom. The normalized spacial score (nSPS) is 10.7. The molecule has 4 nitrogen and oxygen atoms in total. The maximum atomic E-state index is 5.63. The van der Waals surface area contributed by atoms with E-state index in [0.717, 1.165) is 24.8 Å². The molecule has 1 aromatic carbocycles. The second kappa shape index (κ2) is 6.83. The van der Waals surface area contributed by atoms with Crippen LogP contribution in [0.3, 0.4) is 0 Å². The molecule has 2 aromatic rings. The molecule has 0 spiro atoms. The van der Waals surface area contributed by atoms with Crippen LogP contribution in [-0.2, 0) is 6.54 Å². The Morgan fingerprint density at radius 2 is 2.05 bits per heavy atom. The number of hydrogen-bond donors (Lipinski definition) is 1. The van der Waals surface area contributed by atoms with E-state index >= 15 is 0 Å². The average Bonchev–Trinajstić information content (AvgIpc) is 2.82. The van der Waals surface area contributed by atoms with Crippen molar-refractivity contribution in [2.75, 3.05) is 18.5 Å². The highest BCUT2D eigenvalue weighted by Gasteiger charge is 2.03. The number of nitrogens with one attached hydrogen (secondary N) is 1. The van der Waals surface area contributed by atoms with Crippen LogP contribution in [0, 0.1) is 5.92 Å². The molecule has 0 aliphatic heterocycles. The van der Waals surface area contributed by atoms with E-state index in [1.54, 1.807) is 0 Å². The van der Waals surface area contributed by atoms with E-state index in [2.05, 4.69) is 28.7 Å². The standard InChI is InChI=1S/C15H21N3O/c1-13(2)12-18-10-8-16-15(18)17-9-11-19-14-6-4-3-5-7-14/h3-8,10,13H,9,11-12H2,1-2H3,(H,16,17). The molecule has 0 aliphatic carbocycles. The van der Waals surface area contributed by atoms with Crippen LogP contribution < -0.4 is 10.1 Å². The summed E-state index contributed by atoms with van der Waals surface area (Å²) >= 11 is 0. The SMILES string of the molecule is CC(C)Cn1ccnc1NCCOc1ccccc1. The quantitative estimate of drug-likeness (QED) is 0.777. The zero-order valence-corrected chi connectivity index (χ0v) is 11.5. The molecule has 0 bridgehead atoms. The van der Waals surface area contributed by atoms with Gasteiger partial charge in [0.15, 0.2) is 0 Å². The van der Waals surface area contributed by atoms with Crippen LogP contribution >= 0.6 is 0 Å². The van der Waals surface area contributed by atoms with Crippen molar-refractivity contribution in [3.05, 3.63) is 42.7 Å². The number of rotatable bonds is 7. The number of imidazole rings is 1. The zero-order valence-electron chi connectivity index (χ0n) is 11.5. The summed E-state index contributed by atoms with van der Waals surface area (Å²) in [5.41, 5.74) is 0. The summed E-state index contributed by atoms with van der Waals surface area (Å²) < 4.78 is 7.76. The summed E-state index contributed by atoms with van der Waals surface area (Å²) in [5, 5.41) is 3.30. The van der Waals surface area contributed by atoms with Gasteiger partial charge in [0.1, 0.15) is 12.4 Å². The molecule has 0 atom stereocenters. The number of nitrogens with zero attached hydrogens (tertiary/aromatic N) is 2. The van der Waals surface area contributed by atoms with Gasteiger partial charge < -0.3 is 14.6 Å². The fraction of sp³-hybridized carbons (Fsp3) is 0.400. The lowest BCUT2D eigenvalue weighted by molar-refractivity contribution is 0.332. The molecular formula is C15H21N3O. The molecule has 1 N–H and O–H groups in total. The van der Waals surface area contributed by atoms with E-state index in [-0.39, 0.29) is 0 Å². The van der Waals surface area contributed by atoms with Gasteiger partial charge in [-0.05, 0) is 18.1 Å². The number of aromatic nitrogens is 2. The summed E-state index contributed by atoms with van der Waals surface area (Å²) in [4.78, 5) is 4.31. The van der Waals surface area contributed by atoms with E-state index < -0.39 is 0 Å². The van der Waals surface area contributed by atoms with E-state index in [4.69, 9.17) is 4.74 Å². The molecule has 19 heavy (non-hydrogen) atoms. The first-order valence-corrected chi connectivity index (χ1v) is 6.68. The third kappa shape index (κ3) is 4.32. The second-order valence-corrected chi connectivity index (χ2v) is 4.89. The lowest BCUT2D eigenvalue weighted by atomic mass is 10.2. The number of ether oxygens (including phenoxy) is 1. The van der Waals surface area contributed by atoms with Crippen LogP contribution in [-0.4, -0.2) is 22.7 Å². The topological polar surface area (TPSA) is 39.1 Å². The summed E-state index contributed by atoms with van der Waals surface area (Å²) in [7, 11) is 0. The van der Waals surface area contributed by atoms with Crippen LogP contribution in [0.15, 0.2) is 42.7 Å². The molecule has 0 radical (unpaired) electrons. The highest BCUT2D eigenvalue weighted by atomic mass is 16.5. The second-order valence-electron chi connectivity index (χ2n) is 4.89. The summed E-state index contributed by atoms with van der Waals surface area (Å²) in [6.07, 6.45) is 3.82. The molecule has 0 fully saturated rings. The van der Waals surface area contributed by atoms with Crippen molar-refractivity contribution in [1.29, 1.82) is 0 Å². The fourth-order valence-electron chi connectivity index (χ4n) is 1.87. The lowest BCUT2D eigenvalue weighted by Gasteiger charge is -2.12. The van der Waals surface area contributed by atoms with Crippen molar-refractivity contribution in [2.45, 2.75) is 20.4 Å². The van der Waals surface area contributed by atoms with Crippen molar-refractivity contribution >= 4 is 5.95 Å². The Bertz CT molecular complexity index is 479. The monoisotopic (exact) mass is 259 g/mol. The number of anilines is 1. The zero-order chi connectivity index (χ0) is 13.5. The van der Waals surface area contributed by atoms with Crippen molar-refractivity contribution in [1.82, 2.24) is 9.55 Å². The van der Waals surface area contributed by atoms with Crippen LogP contribution in [0.2, 0.25) is 0 Å². The van der Waals surface area contributed by atoms with Gasteiger partial charge in [0.2, 0.25) is 5.95 Å². The van der Waals surface area contributed by atoms with Gasteiger partial charge in [0.25, 0.3) is 0 Å². The molecule has 0 saturated heterocycles. The summed E-state index contributed by atoms with van der Waals surface area (Å²) in [6.45, 7) is 6.73. The molecule has 102 valence electrons. The van der Waals surface area contributed by atoms with Gasteiger partial charge in [-0.3, -0.25) is 0 Å². The number of benzene rings is 1. The number of para-hydroxylation sites is 1. The first-order valence-electron chi connectivity index (χ1n) is 6.68. The Balaban J connectivity index is 1.75. The first-order chi connectivity index (χ1) is 9.25. The average molecular weight is 259 g/mol. The lowest BCUT2D eigenvalue weighted by Crippen LogP contribution is -2.15. The predicted molar refractivity (Wildman–Crippen MR) is 77.5 cm³/mol. The molecule has 4 heteroatoms. The maximum absolute atomic E-state index is 5.63.